The van der Waals surface area contributed by atoms with Crippen molar-refractivity contribution < 1.29 is 23.9 Å². The number of nitrogens with zero attached hydrogens (tertiary/aromatic N) is 2. The highest BCUT2D eigenvalue weighted by Crippen LogP contribution is 2.23. The van der Waals surface area contributed by atoms with Gasteiger partial charge in [0.1, 0.15) is 19.1 Å². The van der Waals surface area contributed by atoms with Crippen LogP contribution in [0.1, 0.15) is 30.1 Å². The lowest BCUT2D eigenvalue weighted by molar-refractivity contribution is -0.154. The standard InChI is InChI=1S/C18H21N3O5/c1-2-26-18(25)12-5-3-6-13(9-12)19-15(22)10-20-11-16(23)21-8-4-7-14(21)17(20)24/h3,5-6,9,14H,2,4,7-8,10-11H2,1H3,(H,19,22). The van der Waals surface area contributed by atoms with E-state index in [1.54, 1.807) is 30.0 Å². The first-order valence-corrected chi connectivity index (χ1v) is 8.65. The summed E-state index contributed by atoms with van der Waals surface area (Å²) in [5.74, 6) is -1.19. The van der Waals surface area contributed by atoms with Crippen molar-refractivity contribution in [2.45, 2.75) is 25.8 Å². The number of carbonyl (C=O) groups is 4. The topological polar surface area (TPSA) is 96.0 Å². The highest BCUT2D eigenvalue weighted by Gasteiger charge is 2.42. The van der Waals surface area contributed by atoms with Gasteiger partial charge in [-0.3, -0.25) is 14.4 Å². The first-order valence-electron chi connectivity index (χ1n) is 8.65. The van der Waals surface area contributed by atoms with Crippen molar-refractivity contribution in [1.82, 2.24) is 9.80 Å². The molecule has 0 spiro atoms. The quantitative estimate of drug-likeness (QED) is 0.778. The molecule has 2 fully saturated rings. The Bertz CT molecular complexity index is 748. The molecule has 0 radical (unpaired) electrons. The van der Waals surface area contributed by atoms with Crippen LogP contribution in [0.25, 0.3) is 0 Å². The normalized spacial score (nSPS) is 19.3. The molecular weight excluding hydrogens is 338 g/mol. The Labute approximate surface area is 151 Å². The van der Waals surface area contributed by atoms with Crippen molar-refractivity contribution in [1.29, 1.82) is 0 Å². The number of fused-ring (bicyclic) bond motifs is 1. The van der Waals surface area contributed by atoms with Gasteiger partial charge in [-0.25, -0.2) is 4.79 Å². The van der Waals surface area contributed by atoms with Crippen LogP contribution >= 0.6 is 0 Å². The highest BCUT2D eigenvalue weighted by atomic mass is 16.5. The molecule has 3 rings (SSSR count). The number of nitrogens with one attached hydrogen (secondary N) is 1. The lowest BCUT2D eigenvalue weighted by Gasteiger charge is -2.35. The van der Waals surface area contributed by atoms with Crippen LogP contribution in [0.5, 0.6) is 0 Å². The molecule has 3 amide bonds. The number of rotatable bonds is 5. The third-order valence-electron chi connectivity index (χ3n) is 4.49. The van der Waals surface area contributed by atoms with Crippen LogP contribution in [-0.4, -0.2) is 65.8 Å². The molecule has 2 heterocycles. The summed E-state index contributed by atoms with van der Waals surface area (Å²) in [7, 11) is 0. The molecule has 2 aliphatic rings. The van der Waals surface area contributed by atoms with Crippen LogP contribution in [0.2, 0.25) is 0 Å². The van der Waals surface area contributed by atoms with E-state index in [2.05, 4.69) is 5.32 Å². The SMILES string of the molecule is CCOC(=O)c1cccc(NC(=O)CN2CC(=O)N3CCCC3C2=O)c1. The van der Waals surface area contributed by atoms with Crippen molar-refractivity contribution in [3.63, 3.8) is 0 Å². The van der Waals surface area contributed by atoms with Crippen LogP contribution in [-0.2, 0) is 19.1 Å². The molecule has 0 aliphatic carbocycles. The maximum absolute atomic E-state index is 12.4. The van der Waals surface area contributed by atoms with E-state index < -0.39 is 17.9 Å². The van der Waals surface area contributed by atoms with Gasteiger partial charge < -0.3 is 19.9 Å². The minimum absolute atomic E-state index is 0.0778. The number of ether oxygens (including phenoxy) is 1. The van der Waals surface area contributed by atoms with Gasteiger partial charge in [-0.15, -0.1) is 0 Å². The van der Waals surface area contributed by atoms with Crippen molar-refractivity contribution in [3.8, 4) is 0 Å². The monoisotopic (exact) mass is 359 g/mol. The van der Waals surface area contributed by atoms with Gasteiger partial charge in [-0.1, -0.05) is 6.07 Å². The van der Waals surface area contributed by atoms with Crippen LogP contribution < -0.4 is 5.32 Å². The van der Waals surface area contributed by atoms with E-state index in [9.17, 15) is 19.2 Å². The summed E-state index contributed by atoms with van der Waals surface area (Å²) in [6, 6.07) is 5.94. The molecular formula is C18H21N3O5. The Morgan fingerprint density at radius 1 is 1.31 bits per heavy atom. The zero-order chi connectivity index (χ0) is 18.7. The van der Waals surface area contributed by atoms with E-state index in [0.29, 0.717) is 24.2 Å². The molecule has 1 atom stereocenters. The molecule has 1 unspecified atom stereocenters. The Kier molecular flexibility index (Phi) is 5.20. The van der Waals surface area contributed by atoms with Crippen LogP contribution in [0.15, 0.2) is 24.3 Å². The molecule has 1 aromatic rings. The highest BCUT2D eigenvalue weighted by molar-refractivity contribution is 6.00. The summed E-state index contributed by atoms with van der Waals surface area (Å²) in [4.78, 5) is 51.5. The molecule has 138 valence electrons. The molecule has 2 aliphatic heterocycles. The predicted molar refractivity (Wildman–Crippen MR) is 92.3 cm³/mol. The van der Waals surface area contributed by atoms with Crippen LogP contribution in [0.4, 0.5) is 5.69 Å². The summed E-state index contributed by atoms with van der Waals surface area (Å²) in [5.41, 5.74) is 0.759. The van der Waals surface area contributed by atoms with Gasteiger partial charge in [0.15, 0.2) is 0 Å². The maximum Gasteiger partial charge on any atom is 0.338 e. The molecule has 8 heteroatoms. The first-order chi connectivity index (χ1) is 12.5. The average molecular weight is 359 g/mol. The molecule has 0 bridgehead atoms. The number of anilines is 1. The lowest BCUT2D eigenvalue weighted by atomic mass is 10.1. The molecule has 2 saturated heterocycles. The van der Waals surface area contributed by atoms with Crippen molar-refractivity contribution in [2.24, 2.45) is 0 Å². The van der Waals surface area contributed by atoms with Gasteiger partial charge >= 0.3 is 5.97 Å². The number of hydrogen-bond donors (Lipinski definition) is 1. The fourth-order valence-electron chi connectivity index (χ4n) is 3.31. The summed E-state index contributed by atoms with van der Waals surface area (Å²) < 4.78 is 4.93. The zero-order valence-corrected chi connectivity index (χ0v) is 14.6. The van der Waals surface area contributed by atoms with Gasteiger partial charge in [0.2, 0.25) is 17.7 Å². The lowest BCUT2D eigenvalue weighted by Crippen LogP contribution is -2.58. The van der Waals surface area contributed by atoms with Crippen molar-refractivity contribution >= 4 is 29.4 Å². The number of carbonyl (C=O) groups excluding carboxylic acids is 4. The van der Waals surface area contributed by atoms with Gasteiger partial charge in [0.25, 0.3) is 0 Å². The van der Waals surface area contributed by atoms with Crippen molar-refractivity contribution in [2.75, 3.05) is 31.6 Å². The molecule has 0 aromatic heterocycles. The maximum atomic E-state index is 12.4. The number of amides is 3. The van der Waals surface area contributed by atoms with E-state index in [1.165, 1.54) is 11.0 Å². The van der Waals surface area contributed by atoms with E-state index in [1.807, 2.05) is 0 Å². The predicted octanol–water partition coefficient (Wildman–Crippen LogP) is 0.635. The van der Waals surface area contributed by atoms with E-state index >= 15 is 0 Å². The Balaban J connectivity index is 1.62. The van der Waals surface area contributed by atoms with Crippen LogP contribution in [0, 0.1) is 0 Å². The van der Waals surface area contributed by atoms with Gasteiger partial charge in [-0.05, 0) is 38.0 Å². The minimum atomic E-state index is -0.471. The van der Waals surface area contributed by atoms with Crippen molar-refractivity contribution in [3.05, 3.63) is 29.8 Å². The third kappa shape index (κ3) is 3.68. The van der Waals surface area contributed by atoms with E-state index in [0.717, 1.165) is 6.42 Å². The number of benzene rings is 1. The second kappa shape index (κ2) is 7.55. The number of hydrogen-bond acceptors (Lipinski definition) is 5. The first kappa shape index (κ1) is 17.9. The Morgan fingerprint density at radius 3 is 2.88 bits per heavy atom. The minimum Gasteiger partial charge on any atom is -0.462 e. The molecule has 26 heavy (non-hydrogen) atoms. The zero-order valence-electron chi connectivity index (χ0n) is 14.6. The second-order valence-corrected chi connectivity index (χ2v) is 6.29. The fourth-order valence-corrected chi connectivity index (χ4v) is 3.31. The second-order valence-electron chi connectivity index (χ2n) is 6.29. The summed E-state index contributed by atoms with van der Waals surface area (Å²) in [6.45, 7) is 2.31. The molecule has 8 nitrogen and oxygen atoms in total. The van der Waals surface area contributed by atoms with Gasteiger partial charge in [-0.2, -0.15) is 0 Å². The molecule has 1 N–H and O–H groups in total. The average Bonchev–Trinajstić information content (AvgIpc) is 3.10. The fraction of sp³-hybridized carbons (Fsp3) is 0.444. The summed E-state index contributed by atoms with van der Waals surface area (Å²) in [5, 5.41) is 2.66. The molecule has 1 aromatic carbocycles. The smallest absolute Gasteiger partial charge is 0.338 e. The Hall–Kier alpha value is -2.90. The van der Waals surface area contributed by atoms with E-state index in [-0.39, 0.29) is 31.5 Å². The summed E-state index contributed by atoms with van der Waals surface area (Å²) >= 11 is 0. The van der Waals surface area contributed by atoms with E-state index in [4.69, 9.17) is 4.74 Å². The van der Waals surface area contributed by atoms with Gasteiger partial charge in [0, 0.05) is 12.2 Å². The molecule has 0 saturated carbocycles. The summed E-state index contributed by atoms with van der Waals surface area (Å²) in [6.07, 6.45) is 1.45. The largest absolute Gasteiger partial charge is 0.462 e. The van der Waals surface area contributed by atoms with Crippen LogP contribution in [0.3, 0.4) is 0 Å². The Morgan fingerprint density at radius 2 is 2.12 bits per heavy atom. The van der Waals surface area contributed by atoms with Gasteiger partial charge in [0.05, 0.1) is 12.2 Å². The number of esters is 1. The third-order valence-corrected chi connectivity index (χ3v) is 4.49. The number of piperazine rings is 1.